The summed E-state index contributed by atoms with van der Waals surface area (Å²) in [6.45, 7) is 2.57. The number of benzene rings is 1. The number of hydrogen-bond donors (Lipinski definition) is 0. The smallest absolute Gasteiger partial charge is 0.228 e. The van der Waals surface area contributed by atoms with Crippen LogP contribution in [0.4, 0.5) is 5.69 Å². The molecule has 124 valence electrons. The van der Waals surface area contributed by atoms with E-state index in [1.165, 1.54) is 12.8 Å². The molecule has 0 aromatic heterocycles. The van der Waals surface area contributed by atoms with Gasteiger partial charge in [0.05, 0.1) is 13.0 Å². The SMILES string of the molecule is COc1ccc(N2CC(C(=O)N(C)C(C)C3CC3)CC2=O)cc1. The lowest BCUT2D eigenvalue weighted by Crippen LogP contribution is -2.41. The summed E-state index contributed by atoms with van der Waals surface area (Å²) in [6.07, 6.45) is 2.72. The Morgan fingerprint density at radius 2 is 1.96 bits per heavy atom. The van der Waals surface area contributed by atoms with Crippen LogP contribution in [0.15, 0.2) is 24.3 Å². The second kappa shape index (κ2) is 6.22. The molecule has 5 nitrogen and oxygen atoms in total. The van der Waals surface area contributed by atoms with Gasteiger partial charge in [-0.1, -0.05) is 0 Å². The first-order valence-electron chi connectivity index (χ1n) is 8.22. The average Bonchev–Trinajstić information content (AvgIpc) is 3.35. The summed E-state index contributed by atoms with van der Waals surface area (Å²) in [5.74, 6) is 1.26. The van der Waals surface area contributed by atoms with Gasteiger partial charge in [-0.25, -0.2) is 0 Å². The number of anilines is 1. The van der Waals surface area contributed by atoms with E-state index in [1.54, 1.807) is 12.0 Å². The minimum Gasteiger partial charge on any atom is -0.497 e. The van der Waals surface area contributed by atoms with Crippen molar-refractivity contribution in [2.24, 2.45) is 11.8 Å². The standard InChI is InChI=1S/C18H24N2O3/c1-12(13-4-5-13)19(2)18(22)14-10-17(21)20(11-14)15-6-8-16(23-3)9-7-15/h6-9,12-14H,4-5,10-11H2,1-3H3. The lowest BCUT2D eigenvalue weighted by atomic mass is 10.1. The van der Waals surface area contributed by atoms with Gasteiger partial charge in [-0.15, -0.1) is 0 Å². The molecule has 23 heavy (non-hydrogen) atoms. The van der Waals surface area contributed by atoms with Gasteiger partial charge in [-0.05, 0) is 49.9 Å². The van der Waals surface area contributed by atoms with Crippen molar-refractivity contribution < 1.29 is 14.3 Å². The maximum atomic E-state index is 12.7. The molecule has 1 aliphatic heterocycles. The zero-order valence-corrected chi connectivity index (χ0v) is 14.0. The Bertz CT molecular complexity index is 595. The first-order valence-corrected chi connectivity index (χ1v) is 8.22. The molecule has 2 unspecified atom stereocenters. The van der Waals surface area contributed by atoms with E-state index in [9.17, 15) is 9.59 Å². The molecule has 1 heterocycles. The first-order chi connectivity index (χ1) is 11.0. The number of carbonyl (C=O) groups excluding carboxylic acids is 2. The summed E-state index contributed by atoms with van der Waals surface area (Å²) >= 11 is 0. The summed E-state index contributed by atoms with van der Waals surface area (Å²) in [5, 5.41) is 0. The molecule has 1 saturated heterocycles. The molecule has 5 heteroatoms. The number of rotatable bonds is 5. The monoisotopic (exact) mass is 316 g/mol. The van der Waals surface area contributed by atoms with Gasteiger partial charge in [0.1, 0.15) is 5.75 Å². The summed E-state index contributed by atoms with van der Waals surface area (Å²) in [7, 11) is 3.48. The Kier molecular flexibility index (Phi) is 4.28. The Labute approximate surface area is 137 Å². The Morgan fingerprint density at radius 3 is 2.52 bits per heavy atom. The Balaban J connectivity index is 1.67. The topological polar surface area (TPSA) is 49.9 Å². The highest BCUT2D eigenvalue weighted by molar-refractivity contribution is 6.00. The summed E-state index contributed by atoms with van der Waals surface area (Å²) in [6, 6.07) is 7.66. The molecule has 1 aromatic carbocycles. The minimum absolute atomic E-state index is 0.0148. The van der Waals surface area contributed by atoms with Crippen LogP contribution in [0.25, 0.3) is 0 Å². The van der Waals surface area contributed by atoms with Crippen LogP contribution in [0, 0.1) is 11.8 Å². The van der Waals surface area contributed by atoms with E-state index in [1.807, 2.05) is 36.2 Å². The maximum absolute atomic E-state index is 12.7. The third-order valence-corrected chi connectivity index (χ3v) is 5.12. The van der Waals surface area contributed by atoms with E-state index >= 15 is 0 Å². The van der Waals surface area contributed by atoms with Crippen molar-refractivity contribution in [1.82, 2.24) is 4.90 Å². The van der Waals surface area contributed by atoms with Crippen molar-refractivity contribution >= 4 is 17.5 Å². The van der Waals surface area contributed by atoms with Gasteiger partial charge < -0.3 is 14.5 Å². The highest BCUT2D eigenvalue weighted by Crippen LogP contribution is 2.36. The van der Waals surface area contributed by atoms with Crippen molar-refractivity contribution in [3.8, 4) is 5.75 Å². The van der Waals surface area contributed by atoms with Crippen molar-refractivity contribution in [3.05, 3.63) is 24.3 Å². The second-order valence-corrected chi connectivity index (χ2v) is 6.63. The molecule has 1 aliphatic carbocycles. The van der Waals surface area contributed by atoms with Crippen LogP contribution in [0.3, 0.4) is 0 Å². The molecule has 2 atom stereocenters. The van der Waals surface area contributed by atoms with Gasteiger partial charge >= 0.3 is 0 Å². The molecular formula is C18H24N2O3. The quantitative estimate of drug-likeness (QED) is 0.837. The van der Waals surface area contributed by atoms with Crippen molar-refractivity contribution in [2.75, 3.05) is 25.6 Å². The number of amides is 2. The van der Waals surface area contributed by atoms with Gasteiger partial charge in [0.2, 0.25) is 11.8 Å². The average molecular weight is 316 g/mol. The lowest BCUT2D eigenvalue weighted by Gasteiger charge is -2.27. The lowest BCUT2D eigenvalue weighted by molar-refractivity contribution is -0.136. The largest absolute Gasteiger partial charge is 0.497 e. The molecular weight excluding hydrogens is 292 g/mol. The predicted octanol–water partition coefficient (Wildman–Crippen LogP) is 2.31. The van der Waals surface area contributed by atoms with Gasteiger partial charge in [0.15, 0.2) is 0 Å². The van der Waals surface area contributed by atoms with Crippen LogP contribution in [0.2, 0.25) is 0 Å². The van der Waals surface area contributed by atoms with Gasteiger partial charge in [-0.3, -0.25) is 9.59 Å². The van der Waals surface area contributed by atoms with E-state index in [0.29, 0.717) is 18.9 Å². The first kappa shape index (κ1) is 15.8. The highest BCUT2D eigenvalue weighted by Gasteiger charge is 2.39. The van der Waals surface area contributed by atoms with E-state index in [-0.39, 0.29) is 23.8 Å². The normalized spacial score (nSPS) is 22.1. The van der Waals surface area contributed by atoms with Crippen molar-refractivity contribution in [3.63, 3.8) is 0 Å². The molecule has 0 N–H and O–H groups in total. The van der Waals surface area contributed by atoms with Gasteiger partial charge in [0.25, 0.3) is 0 Å². The molecule has 2 aliphatic rings. The van der Waals surface area contributed by atoms with Gasteiger partial charge in [0, 0.05) is 31.7 Å². The molecule has 1 saturated carbocycles. The van der Waals surface area contributed by atoms with Crippen LogP contribution in [-0.2, 0) is 9.59 Å². The van der Waals surface area contributed by atoms with Crippen LogP contribution < -0.4 is 9.64 Å². The molecule has 0 bridgehead atoms. The Morgan fingerprint density at radius 1 is 1.30 bits per heavy atom. The van der Waals surface area contributed by atoms with Gasteiger partial charge in [-0.2, -0.15) is 0 Å². The molecule has 0 radical (unpaired) electrons. The Hall–Kier alpha value is -2.04. The van der Waals surface area contributed by atoms with E-state index < -0.39 is 0 Å². The summed E-state index contributed by atoms with van der Waals surface area (Å²) < 4.78 is 5.14. The predicted molar refractivity (Wildman–Crippen MR) is 88.4 cm³/mol. The summed E-state index contributed by atoms with van der Waals surface area (Å²) in [4.78, 5) is 28.5. The zero-order valence-electron chi connectivity index (χ0n) is 14.0. The zero-order chi connectivity index (χ0) is 16.6. The molecule has 3 rings (SSSR count). The van der Waals surface area contributed by atoms with E-state index in [2.05, 4.69) is 6.92 Å². The minimum atomic E-state index is -0.240. The fraction of sp³-hybridized carbons (Fsp3) is 0.556. The van der Waals surface area contributed by atoms with Crippen molar-refractivity contribution in [2.45, 2.75) is 32.2 Å². The maximum Gasteiger partial charge on any atom is 0.228 e. The molecule has 1 aromatic rings. The van der Waals surface area contributed by atoms with E-state index in [0.717, 1.165) is 11.4 Å². The third kappa shape index (κ3) is 3.19. The number of carbonyl (C=O) groups is 2. The molecule has 0 spiro atoms. The fourth-order valence-electron chi connectivity index (χ4n) is 3.27. The van der Waals surface area contributed by atoms with Crippen LogP contribution in [-0.4, -0.2) is 43.5 Å². The summed E-state index contributed by atoms with van der Waals surface area (Å²) in [5.41, 5.74) is 0.823. The number of methoxy groups -OCH3 is 1. The fourth-order valence-corrected chi connectivity index (χ4v) is 3.27. The second-order valence-electron chi connectivity index (χ2n) is 6.63. The molecule has 2 amide bonds. The third-order valence-electron chi connectivity index (χ3n) is 5.12. The number of hydrogen-bond acceptors (Lipinski definition) is 3. The van der Waals surface area contributed by atoms with Crippen LogP contribution >= 0.6 is 0 Å². The highest BCUT2D eigenvalue weighted by atomic mass is 16.5. The number of ether oxygens (including phenoxy) is 1. The van der Waals surface area contributed by atoms with Crippen LogP contribution in [0.1, 0.15) is 26.2 Å². The number of nitrogens with zero attached hydrogens (tertiary/aromatic N) is 2. The van der Waals surface area contributed by atoms with Crippen LogP contribution in [0.5, 0.6) is 5.75 Å². The van der Waals surface area contributed by atoms with E-state index in [4.69, 9.17) is 4.74 Å². The van der Waals surface area contributed by atoms with Crippen molar-refractivity contribution in [1.29, 1.82) is 0 Å². The molecule has 2 fully saturated rings.